The molecule has 1 aliphatic rings. The van der Waals surface area contributed by atoms with E-state index < -0.39 is 13.7 Å². The fourth-order valence-corrected chi connectivity index (χ4v) is 7.07. The molecule has 0 spiro atoms. The lowest BCUT2D eigenvalue weighted by Crippen LogP contribution is -2.35. The van der Waals surface area contributed by atoms with E-state index in [0.29, 0.717) is 55.4 Å². The molecule has 0 saturated carbocycles. The summed E-state index contributed by atoms with van der Waals surface area (Å²) in [6.45, 7) is 16.3. The van der Waals surface area contributed by atoms with E-state index in [9.17, 15) is 9.59 Å². The summed E-state index contributed by atoms with van der Waals surface area (Å²) >= 11 is 0. The van der Waals surface area contributed by atoms with Crippen LogP contribution in [-0.2, 0) is 30.3 Å². The van der Waals surface area contributed by atoms with Crippen LogP contribution >= 0.6 is 0 Å². The number of likely N-dealkylation sites (tertiary alicyclic amines) is 1. The van der Waals surface area contributed by atoms with Crippen LogP contribution in [0.4, 0.5) is 4.79 Å². The van der Waals surface area contributed by atoms with E-state index in [0.717, 1.165) is 39.3 Å². The van der Waals surface area contributed by atoms with Gasteiger partial charge in [0.1, 0.15) is 18.0 Å². The number of carbonyl (C=O) groups is 1. The van der Waals surface area contributed by atoms with Crippen molar-refractivity contribution in [3.63, 3.8) is 0 Å². The molecule has 1 atom stereocenters. The van der Waals surface area contributed by atoms with Gasteiger partial charge in [0.25, 0.3) is 5.56 Å². The van der Waals surface area contributed by atoms with Crippen LogP contribution in [0.1, 0.15) is 44.4 Å². The van der Waals surface area contributed by atoms with E-state index in [1.165, 1.54) is 0 Å². The molecule has 0 N–H and O–H groups in total. The Hall–Kier alpha value is -4.23. The maximum absolute atomic E-state index is 14.2. The van der Waals surface area contributed by atoms with Gasteiger partial charge in [-0.25, -0.2) is 9.78 Å². The second-order valence-corrected chi connectivity index (χ2v) is 20.5. The zero-order chi connectivity index (χ0) is 33.8. The van der Waals surface area contributed by atoms with Crippen molar-refractivity contribution in [2.75, 3.05) is 19.7 Å². The maximum atomic E-state index is 14.2. The Kier molecular flexibility index (Phi) is 8.41. The molecule has 6 rings (SSSR count). The Morgan fingerprint density at radius 3 is 2.55 bits per heavy atom. The quantitative estimate of drug-likeness (QED) is 0.141. The summed E-state index contributed by atoms with van der Waals surface area (Å²) in [5.41, 5.74) is 4.42. The first-order valence-corrected chi connectivity index (χ1v) is 19.9. The third kappa shape index (κ3) is 6.50. The minimum Gasteiger partial charge on any atom is -0.444 e. The van der Waals surface area contributed by atoms with Crippen LogP contribution in [0.2, 0.25) is 25.7 Å². The molecule has 0 aromatic carbocycles. The van der Waals surface area contributed by atoms with Crippen molar-refractivity contribution in [1.29, 1.82) is 0 Å². The number of rotatable bonds is 8. The van der Waals surface area contributed by atoms with Crippen LogP contribution in [0.15, 0.2) is 40.0 Å². The fourth-order valence-electron chi connectivity index (χ4n) is 6.31. The van der Waals surface area contributed by atoms with Crippen LogP contribution in [0.3, 0.4) is 0 Å². The van der Waals surface area contributed by atoms with Crippen LogP contribution in [0.5, 0.6) is 0 Å². The molecule has 1 unspecified atom stereocenters. The maximum Gasteiger partial charge on any atom is 0.410 e. The molecule has 1 amide bonds. The molecule has 5 aromatic rings. The van der Waals surface area contributed by atoms with Gasteiger partial charge in [-0.05, 0) is 51.8 Å². The van der Waals surface area contributed by atoms with E-state index >= 15 is 0 Å². The first-order valence-electron chi connectivity index (χ1n) is 16.1. The fraction of sp³-hybridized carbons (Fsp3) is 0.500. The summed E-state index contributed by atoms with van der Waals surface area (Å²) in [6.07, 6.45) is 5.87. The molecule has 12 nitrogen and oxygen atoms in total. The van der Waals surface area contributed by atoms with Crippen molar-refractivity contribution >= 4 is 36.1 Å². The predicted molar refractivity (Wildman–Crippen MR) is 184 cm³/mol. The number of carbonyl (C=O) groups excluding carboxylic acids is 1. The van der Waals surface area contributed by atoms with E-state index in [1.54, 1.807) is 33.5 Å². The van der Waals surface area contributed by atoms with Crippen LogP contribution in [0, 0.1) is 6.92 Å². The first-order chi connectivity index (χ1) is 22.1. The van der Waals surface area contributed by atoms with Gasteiger partial charge < -0.3 is 28.0 Å². The van der Waals surface area contributed by atoms with Gasteiger partial charge in [0.2, 0.25) is 0 Å². The molecule has 0 radical (unpaired) electrons. The first kappa shape index (κ1) is 32.7. The van der Waals surface area contributed by atoms with E-state index in [4.69, 9.17) is 19.0 Å². The minimum atomic E-state index is -1.29. The average Bonchev–Trinajstić information content (AvgIpc) is 3.78. The lowest BCUT2D eigenvalue weighted by molar-refractivity contribution is 0.0292. The number of aromatic nitrogens is 6. The molecule has 250 valence electrons. The highest BCUT2D eigenvalue weighted by Crippen LogP contribution is 2.42. The normalized spacial score (nSPS) is 15.8. The van der Waals surface area contributed by atoms with E-state index in [2.05, 4.69) is 40.5 Å². The Labute approximate surface area is 275 Å². The molecule has 0 aliphatic carbocycles. The van der Waals surface area contributed by atoms with Crippen LogP contribution in [0.25, 0.3) is 44.5 Å². The Bertz CT molecular complexity index is 2020. The number of pyridine rings is 2. The molecule has 1 saturated heterocycles. The molecule has 13 heteroatoms. The SMILES string of the molecule is Cc1cc(-c2c(C3CCN(C(=O)OC(C)(C)C)C3)c3c4cc(-c5cnn(C)c5)n(COCC[Si](C)(C)C)c4ncc3n(C)c2=O)on1. The van der Waals surface area contributed by atoms with Gasteiger partial charge in [-0.3, -0.25) is 9.48 Å². The van der Waals surface area contributed by atoms with Crippen molar-refractivity contribution in [2.45, 2.75) is 78.1 Å². The highest BCUT2D eigenvalue weighted by Gasteiger charge is 2.36. The standard InChI is InChI=1S/C34H45N7O5Si/c1-21-14-27(46-37-21)30-28(22-10-11-40(19-22)33(43)45-34(2,3)4)29-24-15-25(23-16-36-38(5)18-23)41(20-44-12-13-47(7,8)9)31(24)35-17-26(29)39(6)32(30)42/h14-18,22H,10-13,19-20H2,1-9H3. The van der Waals surface area contributed by atoms with Gasteiger partial charge in [-0.2, -0.15) is 5.10 Å². The summed E-state index contributed by atoms with van der Waals surface area (Å²) in [6, 6.07) is 4.96. The Morgan fingerprint density at radius 1 is 1.15 bits per heavy atom. The molecule has 5 aromatic heterocycles. The number of fused-ring (bicyclic) bond motifs is 3. The van der Waals surface area contributed by atoms with Crippen LogP contribution in [-0.4, -0.2) is 73.4 Å². The molecular formula is C34H45N7O5Si. The highest BCUT2D eigenvalue weighted by molar-refractivity contribution is 6.76. The molecular weight excluding hydrogens is 615 g/mol. The predicted octanol–water partition coefficient (Wildman–Crippen LogP) is 6.29. The molecule has 1 fully saturated rings. The van der Waals surface area contributed by atoms with Gasteiger partial charge in [0.05, 0.1) is 34.9 Å². The van der Waals surface area contributed by atoms with Gasteiger partial charge in [0.15, 0.2) is 5.76 Å². The highest BCUT2D eigenvalue weighted by atomic mass is 28.3. The number of amides is 1. The third-order valence-electron chi connectivity index (χ3n) is 8.66. The van der Waals surface area contributed by atoms with Crippen LogP contribution < -0.4 is 5.56 Å². The summed E-state index contributed by atoms with van der Waals surface area (Å²) in [4.78, 5) is 34.0. The average molecular weight is 660 g/mol. The van der Waals surface area contributed by atoms with Crippen molar-refractivity contribution < 1.29 is 18.8 Å². The summed E-state index contributed by atoms with van der Waals surface area (Å²) in [5, 5.41) is 10.3. The van der Waals surface area contributed by atoms with Gasteiger partial charge >= 0.3 is 6.09 Å². The number of hydrogen-bond acceptors (Lipinski definition) is 8. The van der Waals surface area contributed by atoms with Gasteiger partial charge in [0, 0.05) is 76.4 Å². The monoisotopic (exact) mass is 659 g/mol. The molecule has 0 bridgehead atoms. The van der Waals surface area contributed by atoms with Crippen molar-refractivity contribution in [3.8, 4) is 22.6 Å². The molecule has 47 heavy (non-hydrogen) atoms. The largest absolute Gasteiger partial charge is 0.444 e. The Balaban J connectivity index is 1.58. The topological polar surface area (TPSA) is 122 Å². The lowest BCUT2D eigenvalue weighted by Gasteiger charge is -2.25. The molecule has 1 aliphatic heterocycles. The summed E-state index contributed by atoms with van der Waals surface area (Å²) in [5.74, 6) is 0.241. The second kappa shape index (κ2) is 12.1. The summed E-state index contributed by atoms with van der Waals surface area (Å²) in [7, 11) is 2.36. The van der Waals surface area contributed by atoms with Crippen molar-refractivity contribution in [3.05, 3.63) is 52.3 Å². The van der Waals surface area contributed by atoms with Gasteiger partial charge in [-0.1, -0.05) is 24.8 Å². The van der Waals surface area contributed by atoms with Crippen molar-refractivity contribution in [2.24, 2.45) is 14.1 Å². The van der Waals surface area contributed by atoms with E-state index in [-0.39, 0.29) is 17.6 Å². The summed E-state index contributed by atoms with van der Waals surface area (Å²) < 4.78 is 23.3. The van der Waals surface area contributed by atoms with Crippen molar-refractivity contribution in [1.82, 2.24) is 34.0 Å². The van der Waals surface area contributed by atoms with Gasteiger partial charge in [-0.15, -0.1) is 0 Å². The van der Waals surface area contributed by atoms with E-state index in [1.807, 2.05) is 47.1 Å². The third-order valence-corrected chi connectivity index (χ3v) is 10.4. The minimum absolute atomic E-state index is 0.164. The lowest BCUT2D eigenvalue weighted by atomic mass is 9.88. The number of aryl methyl sites for hydroxylation is 3. The Morgan fingerprint density at radius 2 is 1.91 bits per heavy atom. The number of nitrogens with zero attached hydrogens (tertiary/aromatic N) is 7. The smallest absolute Gasteiger partial charge is 0.410 e. The zero-order valence-electron chi connectivity index (χ0n) is 28.9. The zero-order valence-corrected chi connectivity index (χ0v) is 29.9. The second-order valence-electron chi connectivity index (χ2n) is 14.9. The number of ether oxygens (including phenoxy) is 2. The molecule has 6 heterocycles. The number of hydrogen-bond donors (Lipinski definition) is 0.